The number of nitrogens with two attached hydrogens (primary N) is 1. The van der Waals surface area contributed by atoms with Gasteiger partial charge in [-0.2, -0.15) is 0 Å². The van der Waals surface area contributed by atoms with Gasteiger partial charge in [-0.3, -0.25) is 4.79 Å². The van der Waals surface area contributed by atoms with Crippen molar-refractivity contribution >= 4 is 17.6 Å². The molecule has 0 radical (unpaired) electrons. The second-order valence-electron chi connectivity index (χ2n) is 5.19. The number of anilines is 1. The van der Waals surface area contributed by atoms with Crippen LogP contribution in [0.2, 0.25) is 0 Å². The van der Waals surface area contributed by atoms with E-state index in [1.54, 1.807) is 24.3 Å². The maximum atomic E-state index is 11.9. The Labute approximate surface area is 124 Å². The van der Waals surface area contributed by atoms with E-state index in [0.29, 0.717) is 24.4 Å². The van der Waals surface area contributed by atoms with Gasteiger partial charge in [-0.15, -0.1) is 0 Å². The molecular formula is C15H21N3O3. The topological polar surface area (TPSA) is 93.5 Å². The van der Waals surface area contributed by atoms with Gasteiger partial charge in [0.25, 0.3) is 5.91 Å². The van der Waals surface area contributed by atoms with Crippen molar-refractivity contribution in [3.8, 4) is 0 Å². The highest BCUT2D eigenvalue weighted by molar-refractivity contribution is 5.95. The third kappa shape index (κ3) is 5.83. The fourth-order valence-corrected chi connectivity index (χ4v) is 1.86. The summed E-state index contributed by atoms with van der Waals surface area (Å²) in [5.74, 6) is 0.634. The van der Waals surface area contributed by atoms with Crippen LogP contribution >= 0.6 is 0 Å². The van der Waals surface area contributed by atoms with Crippen LogP contribution in [0, 0.1) is 5.92 Å². The monoisotopic (exact) mass is 291 g/mol. The molecule has 0 unspecified atom stereocenters. The number of amides is 3. The van der Waals surface area contributed by atoms with Crippen molar-refractivity contribution in [3.05, 3.63) is 29.8 Å². The van der Waals surface area contributed by atoms with E-state index in [1.807, 2.05) is 0 Å². The number of ether oxygens (including phenoxy) is 1. The molecule has 1 fully saturated rings. The Hall–Kier alpha value is -2.08. The molecule has 1 aliphatic carbocycles. The smallest absolute Gasteiger partial charge is 0.316 e. The van der Waals surface area contributed by atoms with Gasteiger partial charge in [-0.1, -0.05) is 0 Å². The van der Waals surface area contributed by atoms with Crippen LogP contribution in [0.4, 0.5) is 10.5 Å². The summed E-state index contributed by atoms with van der Waals surface area (Å²) in [7, 11) is 0. The lowest BCUT2D eigenvalue weighted by Crippen LogP contribution is -2.25. The molecule has 6 nitrogen and oxygen atoms in total. The summed E-state index contributed by atoms with van der Waals surface area (Å²) in [6.07, 6.45) is 3.38. The van der Waals surface area contributed by atoms with E-state index >= 15 is 0 Å². The molecule has 1 saturated carbocycles. The summed E-state index contributed by atoms with van der Waals surface area (Å²) in [6.45, 7) is 2.12. The van der Waals surface area contributed by atoms with Crippen molar-refractivity contribution < 1.29 is 14.3 Å². The Balaban J connectivity index is 1.63. The van der Waals surface area contributed by atoms with E-state index in [4.69, 9.17) is 10.5 Å². The van der Waals surface area contributed by atoms with Crippen LogP contribution in [0.15, 0.2) is 24.3 Å². The van der Waals surface area contributed by atoms with Crippen molar-refractivity contribution in [2.45, 2.75) is 19.3 Å². The fraction of sp³-hybridized carbons (Fsp3) is 0.467. The molecule has 21 heavy (non-hydrogen) atoms. The molecule has 0 aromatic heterocycles. The zero-order valence-corrected chi connectivity index (χ0v) is 11.9. The molecule has 1 aromatic rings. The molecule has 6 heteroatoms. The predicted molar refractivity (Wildman–Crippen MR) is 80.1 cm³/mol. The van der Waals surface area contributed by atoms with Crippen LogP contribution in [0.25, 0.3) is 0 Å². The first-order valence-corrected chi connectivity index (χ1v) is 7.17. The molecule has 1 aliphatic rings. The predicted octanol–water partition coefficient (Wildman–Crippen LogP) is 1.72. The number of primary amides is 1. The third-order valence-corrected chi connectivity index (χ3v) is 3.22. The van der Waals surface area contributed by atoms with Crippen LogP contribution in [-0.4, -0.2) is 31.7 Å². The van der Waals surface area contributed by atoms with E-state index in [2.05, 4.69) is 10.6 Å². The number of carbonyl (C=O) groups is 2. The molecule has 0 spiro atoms. The van der Waals surface area contributed by atoms with Gasteiger partial charge in [-0.05, 0) is 49.4 Å². The van der Waals surface area contributed by atoms with Crippen LogP contribution in [0.3, 0.4) is 0 Å². The van der Waals surface area contributed by atoms with E-state index < -0.39 is 6.03 Å². The number of hydrogen-bond donors (Lipinski definition) is 3. The first-order valence-electron chi connectivity index (χ1n) is 7.17. The number of carbonyl (C=O) groups excluding carboxylic acids is 2. The van der Waals surface area contributed by atoms with Gasteiger partial charge in [0.2, 0.25) is 0 Å². The van der Waals surface area contributed by atoms with E-state index in [0.717, 1.165) is 18.9 Å². The number of nitrogens with one attached hydrogen (secondary N) is 2. The summed E-state index contributed by atoms with van der Waals surface area (Å²) < 4.78 is 5.49. The molecule has 1 aromatic carbocycles. The minimum Gasteiger partial charge on any atom is -0.381 e. The maximum absolute atomic E-state index is 11.9. The lowest BCUT2D eigenvalue weighted by atomic mass is 10.2. The summed E-state index contributed by atoms with van der Waals surface area (Å²) in [5, 5.41) is 5.27. The normalized spacial score (nSPS) is 13.7. The third-order valence-electron chi connectivity index (χ3n) is 3.22. The molecule has 4 N–H and O–H groups in total. The average molecular weight is 291 g/mol. The highest BCUT2D eigenvalue weighted by Gasteiger charge is 2.20. The summed E-state index contributed by atoms with van der Waals surface area (Å²) in [5.41, 5.74) is 6.12. The van der Waals surface area contributed by atoms with E-state index in [-0.39, 0.29) is 5.91 Å². The molecule has 0 bridgehead atoms. The summed E-state index contributed by atoms with van der Waals surface area (Å²) >= 11 is 0. The molecular weight excluding hydrogens is 270 g/mol. The zero-order valence-electron chi connectivity index (χ0n) is 11.9. The number of benzene rings is 1. The first kappa shape index (κ1) is 15.3. The standard InChI is InChI=1S/C15H21N3O3/c16-15(20)18-13-6-4-12(5-7-13)14(19)17-8-1-9-21-10-11-2-3-11/h4-7,11H,1-3,8-10H2,(H,17,19)(H3,16,18,20). The van der Waals surface area contributed by atoms with Crippen LogP contribution in [-0.2, 0) is 4.74 Å². The van der Waals surface area contributed by atoms with Gasteiger partial charge >= 0.3 is 6.03 Å². The summed E-state index contributed by atoms with van der Waals surface area (Å²) in [6, 6.07) is 5.93. The van der Waals surface area contributed by atoms with Crippen LogP contribution in [0.5, 0.6) is 0 Å². The summed E-state index contributed by atoms with van der Waals surface area (Å²) in [4.78, 5) is 22.5. The van der Waals surface area contributed by atoms with Crippen LogP contribution < -0.4 is 16.4 Å². The minimum absolute atomic E-state index is 0.136. The number of hydrogen-bond acceptors (Lipinski definition) is 3. The Morgan fingerprint density at radius 3 is 2.57 bits per heavy atom. The van der Waals surface area contributed by atoms with Gasteiger partial charge in [0, 0.05) is 31.0 Å². The van der Waals surface area contributed by atoms with Crippen molar-refractivity contribution in [1.82, 2.24) is 5.32 Å². The molecule has 2 rings (SSSR count). The fourth-order valence-electron chi connectivity index (χ4n) is 1.86. The second kappa shape index (κ2) is 7.64. The van der Waals surface area contributed by atoms with Crippen molar-refractivity contribution in [3.63, 3.8) is 0 Å². The second-order valence-corrected chi connectivity index (χ2v) is 5.19. The molecule has 3 amide bonds. The van der Waals surface area contributed by atoms with Crippen molar-refractivity contribution in [1.29, 1.82) is 0 Å². The highest BCUT2D eigenvalue weighted by Crippen LogP contribution is 2.28. The molecule has 0 heterocycles. The highest BCUT2D eigenvalue weighted by atomic mass is 16.5. The lowest BCUT2D eigenvalue weighted by molar-refractivity contribution is 0.0937. The Bertz CT molecular complexity index is 483. The molecule has 114 valence electrons. The molecule has 0 aliphatic heterocycles. The van der Waals surface area contributed by atoms with Crippen molar-refractivity contribution in [2.24, 2.45) is 11.7 Å². The van der Waals surface area contributed by atoms with E-state index in [1.165, 1.54) is 12.8 Å². The molecule has 0 saturated heterocycles. The van der Waals surface area contributed by atoms with E-state index in [9.17, 15) is 9.59 Å². The Morgan fingerprint density at radius 2 is 1.95 bits per heavy atom. The number of urea groups is 1. The van der Waals surface area contributed by atoms with Gasteiger partial charge in [0.15, 0.2) is 0 Å². The Kier molecular flexibility index (Phi) is 5.57. The van der Waals surface area contributed by atoms with Crippen molar-refractivity contribution in [2.75, 3.05) is 25.1 Å². The maximum Gasteiger partial charge on any atom is 0.316 e. The van der Waals surface area contributed by atoms with Gasteiger partial charge < -0.3 is 21.1 Å². The molecule has 0 atom stereocenters. The van der Waals surface area contributed by atoms with Crippen LogP contribution in [0.1, 0.15) is 29.6 Å². The van der Waals surface area contributed by atoms with Gasteiger partial charge in [0.05, 0.1) is 0 Å². The number of rotatable bonds is 8. The SMILES string of the molecule is NC(=O)Nc1ccc(C(=O)NCCCOCC2CC2)cc1. The largest absolute Gasteiger partial charge is 0.381 e. The average Bonchev–Trinajstić information content (AvgIpc) is 3.26. The minimum atomic E-state index is -0.626. The van der Waals surface area contributed by atoms with Gasteiger partial charge in [-0.25, -0.2) is 4.79 Å². The lowest BCUT2D eigenvalue weighted by Gasteiger charge is -2.07. The van der Waals surface area contributed by atoms with Gasteiger partial charge in [0.1, 0.15) is 0 Å². The quantitative estimate of drug-likeness (QED) is 0.637. The Morgan fingerprint density at radius 1 is 1.24 bits per heavy atom. The first-order chi connectivity index (χ1) is 10.1. The zero-order chi connectivity index (χ0) is 15.1.